The van der Waals surface area contributed by atoms with E-state index in [4.69, 9.17) is 0 Å². The Morgan fingerprint density at radius 1 is 1.20 bits per heavy atom. The maximum Gasteiger partial charge on any atom is 0.225 e. The van der Waals surface area contributed by atoms with E-state index in [0.717, 1.165) is 45.6 Å². The summed E-state index contributed by atoms with van der Waals surface area (Å²) < 4.78 is 0. The molecule has 4 nitrogen and oxygen atoms in total. The Bertz CT molecular complexity index is 700. The number of nitrogens with one attached hydrogen (secondary N) is 1. The summed E-state index contributed by atoms with van der Waals surface area (Å²) in [5.74, 6) is 0.563. The van der Waals surface area contributed by atoms with Crippen LogP contribution in [0.25, 0.3) is 10.9 Å². The lowest BCUT2D eigenvalue weighted by molar-refractivity contribution is -0.136. The predicted molar refractivity (Wildman–Crippen MR) is 106 cm³/mol. The summed E-state index contributed by atoms with van der Waals surface area (Å²) in [5, 5.41) is 1.33. The predicted octanol–water partition coefficient (Wildman–Crippen LogP) is 3.98. The first-order chi connectivity index (χ1) is 11.6. The molecule has 1 aromatic heterocycles. The SMILES string of the molecule is CCN(CC)C(=O)C1CCN(Cc2c(C)[nH]c3ccccc23)CC1.Cl. The molecule has 0 radical (unpaired) electrons. The Morgan fingerprint density at radius 2 is 1.84 bits per heavy atom. The Labute approximate surface area is 157 Å². The number of benzene rings is 1. The van der Waals surface area contributed by atoms with Crippen LogP contribution in [0.5, 0.6) is 0 Å². The number of hydrogen-bond acceptors (Lipinski definition) is 2. The van der Waals surface area contributed by atoms with Crippen molar-refractivity contribution in [2.75, 3.05) is 26.2 Å². The van der Waals surface area contributed by atoms with Crippen molar-refractivity contribution >= 4 is 29.2 Å². The van der Waals surface area contributed by atoms with E-state index in [9.17, 15) is 4.79 Å². The average molecular weight is 364 g/mol. The summed E-state index contributed by atoms with van der Waals surface area (Å²) in [7, 11) is 0. The van der Waals surface area contributed by atoms with Crippen molar-refractivity contribution in [2.45, 2.75) is 40.2 Å². The van der Waals surface area contributed by atoms with Crippen LogP contribution in [-0.4, -0.2) is 46.9 Å². The van der Waals surface area contributed by atoms with Gasteiger partial charge in [0.05, 0.1) is 0 Å². The van der Waals surface area contributed by atoms with Gasteiger partial charge in [0.15, 0.2) is 0 Å². The number of carbonyl (C=O) groups excluding carboxylic acids is 1. The minimum atomic E-state index is 0. The van der Waals surface area contributed by atoms with Gasteiger partial charge in [-0.25, -0.2) is 0 Å². The number of piperidine rings is 1. The minimum absolute atomic E-state index is 0. The minimum Gasteiger partial charge on any atom is -0.358 e. The molecule has 0 atom stereocenters. The number of halogens is 1. The largest absolute Gasteiger partial charge is 0.358 e. The topological polar surface area (TPSA) is 39.3 Å². The molecule has 3 rings (SSSR count). The second kappa shape index (κ2) is 8.72. The van der Waals surface area contributed by atoms with Gasteiger partial charge in [-0.05, 0) is 58.3 Å². The molecule has 1 N–H and O–H groups in total. The molecule has 0 spiro atoms. The summed E-state index contributed by atoms with van der Waals surface area (Å²) >= 11 is 0. The van der Waals surface area contributed by atoms with Gasteiger partial charge in [-0.1, -0.05) is 18.2 Å². The molecule has 0 unspecified atom stereocenters. The van der Waals surface area contributed by atoms with Gasteiger partial charge >= 0.3 is 0 Å². The highest BCUT2D eigenvalue weighted by Crippen LogP contribution is 2.26. The maximum atomic E-state index is 12.5. The van der Waals surface area contributed by atoms with Crippen molar-refractivity contribution in [3.05, 3.63) is 35.5 Å². The molecule has 1 aromatic carbocycles. The zero-order valence-corrected chi connectivity index (χ0v) is 16.4. The zero-order valence-electron chi connectivity index (χ0n) is 15.5. The Balaban J connectivity index is 0.00000225. The Kier molecular flexibility index (Phi) is 6.91. The molecule has 138 valence electrons. The van der Waals surface area contributed by atoms with Crippen LogP contribution in [0.1, 0.15) is 37.9 Å². The molecule has 0 aliphatic carbocycles. The zero-order chi connectivity index (χ0) is 17.1. The fraction of sp³-hybridized carbons (Fsp3) is 0.550. The number of likely N-dealkylation sites (tertiary alicyclic amines) is 1. The van der Waals surface area contributed by atoms with Crippen molar-refractivity contribution in [3.8, 4) is 0 Å². The van der Waals surface area contributed by atoms with E-state index in [0.29, 0.717) is 5.91 Å². The molecule has 2 aromatic rings. The van der Waals surface area contributed by atoms with Crippen molar-refractivity contribution in [3.63, 3.8) is 0 Å². The fourth-order valence-corrected chi connectivity index (χ4v) is 3.89. The molecule has 2 heterocycles. The van der Waals surface area contributed by atoms with E-state index < -0.39 is 0 Å². The van der Waals surface area contributed by atoms with E-state index in [2.05, 4.69) is 54.9 Å². The van der Waals surface area contributed by atoms with Crippen LogP contribution < -0.4 is 0 Å². The summed E-state index contributed by atoms with van der Waals surface area (Å²) in [4.78, 5) is 20.5. The van der Waals surface area contributed by atoms with Gasteiger partial charge in [-0.15, -0.1) is 12.4 Å². The number of fused-ring (bicyclic) bond motifs is 1. The van der Waals surface area contributed by atoms with Crippen molar-refractivity contribution < 1.29 is 4.79 Å². The summed E-state index contributed by atoms with van der Waals surface area (Å²) in [5.41, 5.74) is 3.88. The molecule has 1 saturated heterocycles. The highest BCUT2D eigenvalue weighted by Gasteiger charge is 2.27. The van der Waals surface area contributed by atoms with Gasteiger partial charge in [-0.3, -0.25) is 9.69 Å². The lowest BCUT2D eigenvalue weighted by atomic mass is 9.94. The molecule has 0 bridgehead atoms. The standard InChI is InChI=1S/C20H29N3O.ClH/c1-4-23(5-2)20(24)16-10-12-22(13-11-16)14-18-15(3)21-19-9-7-6-8-17(18)19;/h6-9,16,21H,4-5,10-14H2,1-3H3;1H. The van der Waals surface area contributed by atoms with E-state index in [-0.39, 0.29) is 18.3 Å². The number of hydrogen-bond donors (Lipinski definition) is 1. The van der Waals surface area contributed by atoms with Crippen LogP contribution >= 0.6 is 12.4 Å². The van der Waals surface area contributed by atoms with Gasteiger partial charge in [0.2, 0.25) is 5.91 Å². The van der Waals surface area contributed by atoms with E-state index in [1.165, 1.54) is 22.2 Å². The number of aryl methyl sites for hydroxylation is 1. The number of aromatic amines is 1. The number of rotatable bonds is 5. The number of para-hydroxylation sites is 1. The quantitative estimate of drug-likeness (QED) is 0.872. The van der Waals surface area contributed by atoms with Crippen LogP contribution in [-0.2, 0) is 11.3 Å². The molecule has 0 saturated carbocycles. The summed E-state index contributed by atoms with van der Waals surface area (Å²) in [6.07, 6.45) is 1.97. The molecule has 1 aliphatic rings. The molecular formula is C20H30ClN3O. The summed E-state index contributed by atoms with van der Waals surface area (Å²) in [6.45, 7) is 10.9. The molecule has 1 amide bonds. The molecule has 1 fully saturated rings. The number of H-pyrrole nitrogens is 1. The second-order valence-electron chi connectivity index (χ2n) is 6.84. The average Bonchev–Trinajstić information content (AvgIpc) is 2.92. The number of nitrogens with zero attached hydrogens (tertiary/aromatic N) is 2. The molecule has 5 heteroatoms. The van der Waals surface area contributed by atoms with Gasteiger partial charge < -0.3 is 9.88 Å². The first-order valence-electron chi connectivity index (χ1n) is 9.21. The third-order valence-corrected chi connectivity index (χ3v) is 5.42. The Morgan fingerprint density at radius 3 is 2.48 bits per heavy atom. The van der Waals surface area contributed by atoms with E-state index in [1.54, 1.807) is 0 Å². The molecule has 1 aliphatic heterocycles. The third-order valence-electron chi connectivity index (χ3n) is 5.42. The normalized spacial score (nSPS) is 16.0. The van der Waals surface area contributed by atoms with Crippen molar-refractivity contribution in [2.24, 2.45) is 5.92 Å². The molecule has 25 heavy (non-hydrogen) atoms. The van der Waals surface area contributed by atoms with Crippen LogP contribution in [0.4, 0.5) is 0 Å². The fourth-order valence-electron chi connectivity index (χ4n) is 3.89. The van der Waals surface area contributed by atoms with Gasteiger partial charge in [0.25, 0.3) is 0 Å². The Hall–Kier alpha value is -1.52. The lowest BCUT2D eigenvalue weighted by Crippen LogP contribution is -2.42. The highest BCUT2D eigenvalue weighted by molar-refractivity contribution is 5.85. The lowest BCUT2D eigenvalue weighted by Gasteiger charge is -2.33. The number of aromatic nitrogens is 1. The monoisotopic (exact) mass is 363 g/mol. The first-order valence-corrected chi connectivity index (χ1v) is 9.21. The van der Waals surface area contributed by atoms with E-state index in [1.807, 2.05) is 4.90 Å². The number of carbonyl (C=O) groups is 1. The second-order valence-corrected chi connectivity index (χ2v) is 6.84. The van der Waals surface area contributed by atoms with Crippen LogP contribution in [0, 0.1) is 12.8 Å². The van der Waals surface area contributed by atoms with Crippen molar-refractivity contribution in [1.82, 2.24) is 14.8 Å². The maximum absolute atomic E-state index is 12.5. The summed E-state index contributed by atoms with van der Waals surface area (Å²) in [6, 6.07) is 8.52. The van der Waals surface area contributed by atoms with Crippen LogP contribution in [0.15, 0.2) is 24.3 Å². The third kappa shape index (κ3) is 4.18. The smallest absolute Gasteiger partial charge is 0.225 e. The molecular weight excluding hydrogens is 334 g/mol. The number of amides is 1. The van der Waals surface area contributed by atoms with Crippen LogP contribution in [0.3, 0.4) is 0 Å². The van der Waals surface area contributed by atoms with E-state index >= 15 is 0 Å². The first kappa shape index (κ1) is 19.8. The van der Waals surface area contributed by atoms with Crippen molar-refractivity contribution in [1.29, 1.82) is 0 Å². The highest BCUT2D eigenvalue weighted by atomic mass is 35.5. The van der Waals surface area contributed by atoms with Gasteiger partial charge in [-0.2, -0.15) is 0 Å². The van der Waals surface area contributed by atoms with Crippen LogP contribution in [0.2, 0.25) is 0 Å². The van der Waals surface area contributed by atoms with Gasteiger partial charge in [0.1, 0.15) is 0 Å². The van der Waals surface area contributed by atoms with Gasteiger partial charge in [0, 0.05) is 42.1 Å².